The zero-order chi connectivity index (χ0) is 13.0. The largest absolute Gasteiger partial charge is 0.494 e. The first-order valence-corrected chi connectivity index (χ1v) is 6.64. The number of ether oxygens (including phenoxy) is 2. The van der Waals surface area contributed by atoms with E-state index in [2.05, 4.69) is 4.90 Å². The average molecular weight is 250 g/mol. The predicted octanol–water partition coefficient (Wildman–Crippen LogP) is 2.02. The maximum absolute atomic E-state index is 5.97. The minimum Gasteiger partial charge on any atom is -0.494 e. The third kappa shape index (κ3) is 2.88. The van der Waals surface area contributed by atoms with Crippen molar-refractivity contribution >= 4 is 5.69 Å². The molecule has 4 nitrogen and oxygen atoms in total. The summed E-state index contributed by atoms with van der Waals surface area (Å²) in [4.78, 5) is 2.28. The summed E-state index contributed by atoms with van der Waals surface area (Å²) >= 11 is 0. The molecule has 100 valence electrons. The normalized spacial score (nSPS) is 19.1. The highest BCUT2D eigenvalue weighted by atomic mass is 16.5. The monoisotopic (exact) mass is 250 g/mol. The summed E-state index contributed by atoms with van der Waals surface area (Å²) in [5.74, 6) is 1.80. The van der Waals surface area contributed by atoms with Crippen LogP contribution in [0.1, 0.15) is 20.3 Å². The first-order chi connectivity index (χ1) is 8.74. The van der Waals surface area contributed by atoms with Crippen LogP contribution >= 0.6 is 0 Å². The standard InChI is InChI=1S/C14H22N2O2/c1-3-17-12-5-6-14(18-4-2)13(9-12)16-8-7-11(15)10-16/h5-6,9,11H,3-4,7-8,10,15H2,1-2H3. The second-order valence-electron chi connectivity index (χ2n) is 4.49. The van der Waals surface area contributed by atoms with E-state index in [-0.39, 0.29) is 6.04 Å². The van der Waals surface area contributed by atoms with E-state index in [0.717, 1.165) is 36.7 Å². The van der Waals surface area contributed by atoms with Crippen LogP contribution in [0, 0.1) is 0 Å². The van der Waals surface area contributed by atoms with Crippen molar-refractivity contribution in [3.8, 4) is 11.5 Å². The quantitative estimate of drug-likeness (QED) is 0.868. The van der Waals surface area contributed by atoms with E-state index in [9.17, 15) is 0 Å². The molecule has 1 aliphatic rings. The fourth-order valence-corrected chi connectivity index (χ4v) is 2.28. The van der Waals surface area contributed by atoms with Gasteiger partial charge in [-0.3, -0.25) is 0 Å². The van der Waals surface area contributed by atoms with Gasteiger partial charge in [-0.15, -0.1) is 0 Å². The molecular weight excluding hydrogens is 228 g/mol. The highest BCUT2D eigenvalue weighted by molar-refractivity contribution is 5.62. The summed E-state index contributed by atoms with van der Waals surface area (Å²) in [5, 5.41) is 0. The third-order valence-electron chi connectivity index (χ3n) is 3.11. The molecule has 1 aromatic carbocycles. The van der Waals surface area contributed by atoms with Gasteiger partial charge in [-0.05, 0) is 32.4 Å². The second-order valence-corrected chi connectivity index (χ2v) is 4.49. The lowest BCUT2D eigenvalue weighted by molar-refractivity contribution is 0.331. The van der Waals surface area contributed by atoms with E-state index in [1.807, 2.05) is 32.0 Å². The highest BCUT2D eigenvalue weighted by Crippen LogP contribution is 2.34. The fraction of sp³-hybridized carbons (Fsp3) is 0.571. The van der Waals surface area contributed by atoms with Crippen molar-refractivity contribution in [3.63, 3.8) is 0 Å². The van der Waals surface area contributed by atoms with Crippen LogP contribution < -0.4 is 20.1 Å². The summed E-state index contributed by atoms with van der Waals surface area (Å²) < 4.78 is 11.2. The zero-order valence-electron chi connectivity index (χ0n) is 11.2. The number of benzene rings is 1. The highest BCUT2D eigenvalue weighted by Gasteiger charge is 2.22. The number of hydrogen-bond acceptors (Lipinski definition) is 4. The van der Waals surface area contributed by atoms with Gasteiger partial charge >= 0.3 is 0 Å². The lowest BCUT2D eigenvalue weighted by Crippen LogP contribution is -2.26. The van der Waals surface area contributed by atoms with Gasteiger partial charge in [0, 0.05) is 25.2 Å². The average Bonchev–Trinajstić information content (AvgIpc) is 2.78. The predicted molar refractivity (Wildman–Crippen MR) is 73.6 cm³/mol. The van der Waals surface area contributed by atoms with E-state index in [0.29, 0.717) is 13.2 Å². The van der Waals surface area contributed by atoms with Gasteiger partial charge in [0.2, 0.25) is 0 Å². The van der Waals surface area contributed by atoms with Crippen molar-refractivity contribution in [2.75, 3.05) is 31.2 Å². The molecule has 1 heterocycles. The minimum absolute atomic E-state index is 0.259. The summed E-state index contributed by atoms with van der Waals surface area (Å²) in [6, 6.07) is 6.24. The molecule has 4 heteroatoms. The van der Waals surface area contributed by atoms with Crippen LogP contribution in [0.2, 0.25) is 0 Å². The second kappa shape index (κ2) is 5.96. The maximum Gasteiger partial charge on any atom is 0.142 e. The Morgan fingerprint density at radius 3 is 2.67 bits per heavy atom. The van der Waals surface area contributed by atoms with Gasteiger partial charge in [-0.2, -0.15) is 0 Å². The van der Waals surface area contributed by atoms with Crippen LogP contribution in [0.4, 0.5) is 5.69 Å². The molecule has 0 amide bonds. The van der Waals surface area contributed by atoms with E-state index in [1.54, 1.807) is 0 Å². The topological polar surface area (TPSA) is 47.7 Å². The van der Waals surface area contributed by atoms with Crippen LogP contribution in [-0.4, -0.2) is 32.3 Å². The Bertz CT molecular complexity index is 395. The molecule has 2 rings (SSSR count). The lowest BCUT2D eigenvalue weighted by Gasteiger charge is -2.22. The lowest BCUT2D eigenvalue weighted by atomic mass is 10.2. The molecule has 1 fully saturated rings. The summed E-state index contributed by atoms with van der Waals surface area (Å²) in [6.07, 6.45) is 1.03. The zero-order valence-corrected chi connectivity index (χ0v) is 11.2. The molecule has 0 spiro atoms. The Morgan fingerprint density at radius 2 is 2.06 bits per heavy atom. The molecule has 1 unspecified atom stereocenters. The van der Waals surface area contributed by atoms with Crippen LogP contribution in [0.25, 0.3) is 0 Å². The van der Waals surface area contributed by atoms with Crippen molar-refractivity contribution in [3.05, 3.63) is 18.2 Å². The van der Waals surface area contributed by atoms with Crippen LogP contribution in [0.15, 0.2) is 18.2 Å². The molecule has 1 aromatic rings. The fourth-order valence-electron chi connectivity index (χ4n) is 2.28. The van der Waals surface area contributed by atoms with Gasteiger partial charge in [-0.25, -0.2) is 0 Å². The Hall–Kier alpha value is -1.42. The Balaban J connectivity index is 2.25. The van der Waals surface area contributed by atoms with Gasteiger partial charge in [0.05, 0.1) is 18.9 Å². The molecule has 0 aliphatic carbocycles. The summed E-state index contributed by atoms with van der Waals surface area (Å²) in [6.45, 7) is 7.19. The van der Waals surface area contributed by atoms with Gasteiger partial charge in [0.1, 0.15) is 11.5 Å². The number of nitrogens with zero attached hydrogens (tertiary/aromatic N) is 1. The van der Waals surface area contributed by atoms with Crippen molar-refractivity contribution in [2.24, 2.45) is 5.73 Å². The maximum atomic E-state index is 5.97. The molecule has 0 aromatic heterocycles. The number of nitrogens with two attached hydrogens (primary N) is 1. The smallest absolute Gasteiger partial charge is 0.142 e. The van der Waals surface area contributed by atoms with Crippen LogP contribution in [0.5, 0.6) is 11.5 Å². The summed E-state index contributed by atoms with van der Waals surface area (Å²) in [5.41, 5.74) is 7.06. The van der Waals surface area contributed by atoms with Gasteiger partial charge in [0.25, 0.3) is 0 Å². The number of hydrogen-bond donors (Lipinski definition) is 1. The molecule has 0 saturated carbocycles. The van der Waals surface area contributed by atoms with Gasteiger partial charge < -0.3 is 20.1 Å². The minimum atomic E-state index is 0.259. The van der Waals surface area contributed by atoms with Crippen molar-refractivity contribution in [1.29, 1.82) is 0 Å². The number of rotatable bonds is 5. The first-order valence-electron chi connectivity index (χ1n) is 6.64. The molecule has 18 heavy (non-hydrogen) atoms. The molecule has 1 saturated heterocycles. The Labute approximate surface area is 109 Å². The molecule has 2 N–H and O–H groups in total. The third-order valence-corrected chi connectivity index (χ3v) is 3.11. The number of anilines is 1. The van der Waals surface area contributed by atoms with E-state index in [4.69, 9.17) is 15.2 Å². The van der Waals surface area contributed by atoms with E-state index >= 15 is 0 Å². The van der Waals surface area contributed by atoms with E-state index in [1.165, 1.54) is 0 Å². The molecule has 1 aliphatic heterocycles. The molecule has 1 atom stereocenters. The van der Waals surface area contributed by atoms with Gasteiger partial charge in [-0.1, -0.05) is 0 Å². The van der Waals surface area contributed by atoms with E-state index < -0.39 is 0 Å². The van der Waals surface area contributed by atoms with Crippen LogP contribution in [-0.2, 0) is 0 Å². The molecule has 0 bridgehead atoms. The SMILES string of the molecule is CCOc1ccc(OCC)c(N2CCC(N)C2)c1. The Kier molecular flexibility index (Phi) is 4.31. The summed E-state index contributed by atoms with van der Waals surface area (Å²) in [7, 11) is 0. The van der Waals surface area contributed by atoms with Crippen molar-refractivity contribution < 1.29 is 9.47 Å². The molecule has 0 radical (unpaired) electrons. The van der Waals surface area contributed by atoms with Crippen molar-refractivity contribution in [2.45, 2.75) is 26.3 Å². The first kappa shape index (κ1) is 13.0. The Morgan fingerprint density at radius 1 is 1.28 bits per heavy atom. The molecular formula is C14H22N2O2. The van der Waals surface area contributed by atoms with Crippen molar-refractivity contribution in [1.82, 2.24) is 0 Å². The van der Waals surface area contributed by atoms with Crippen LogP contribution in [0.3, 0.4) is 0 Å². The van der Waals surface area contributed by atoms with Gasteiger partial charge in [0.15, 0.2) is 0 Å².